The van der Waals surface area contributed by atoms with E-state index in [9.17, 15) is 0 Å². The van der Waals surface area contributed by atoms with E-state index in [0.717, 1.165) is 0 Å². The van der Waals surface area contributed by atoms with Crippen molar-refractivity contribution in [2.24, 2.45) is 0 Å². The summed E-state index contributed by atoms with van der Waals surface area (Å²) in [7, 11) is 0. The second-order valence-corrected chi connectivity index (χ2v) is 3.50. The van der Waals surface area contributed by atoms with Gasteiger partial charge in [-0.3, -0.25) is 0 Å². The average molecular weight is 184 g/mol. The molecule has 0 fully saturated rings. The van der Waals surface area contributed by atoms with Crippen LogP contribution >= 0.6 is 11.8 Å². The van der Waals surface area contributed by atoms with Gasteiger partial charge in [-0.2, -0.15) is 0 Å². The lowest BCUT2D eigenvalue weighted by Gasteiger charge is -1.99. The topological polar surface area (TPSA) is 24.1 Å². The molecule has 3 heteroatoms. The minimum absolute atomic E-state index is 0.199. The van der Waals surface area contributed by atoms with Crippen molar-refractivity contribution < 1.29 is 9.67 Å². The summed E-state index contributed by atoms with van der Waals surface area (Å²) in [5.74, 6) is 0. The summed E-state index contributed by atoms with van der Waals surface area (Å²) < 4.78 is 2.04. The molecule has 0 aliphatic heterocycles. The highest BCUT2D eigenvalue weighted by Crippen LogP contribution is 2.12. The van der Waals surface area contributed by atoms with Crippen molar-refractivity contribution in [1.29, 1.82) is 0 Å². The standard InChI is InChI=1S/C9H14NOS/c1-8-7-9(12-2)3-4-10(8)5-6-11/h3-4,7,11H,5-6H2,1-2H3/q+1. The largest absolute Gasteiger partial charge is 0.390 e. The van der Waals surface area contributed by atoms with Crippen LogP contribution in [0.25, 0.3) is 0 Å². The van der Waals surface area contributed by atoms with Crippen LogP contribution in [0.2, 0.25) is 0 Å². The van der Waals surface area contributed by atoms with Gasteiger partial charge in [-0.1, -0.05) is 0 Å². The molecule has 12 heavy (non-hydrogen) atoms. The van der Waals surface area contributed by atoms with Crippen LogP contribution in [0.15, 0.2) is 23.2 Å². The molecule has 0 saturated carbocycles. The van der Waals surface area contributed by atoms with Crippen LogP contribution in [0, 0.1) is 6.92 Å². The molecule has 0 amide bonds. The molecule has 0 aromatic carbocycles. The van der Waals surface area contributed by atoms with E-state index < -0.39 is 0 Å². The highest BCUT2D eigenvalue weighted by atomic mass is 32.2. The van der Waals surface area contributed by atoms with Crippen molar-refractivity contribution in [3.05, 3.63) is 24.0 Å². The number of aromatic nitrogens is 1. The summed E-state index contributed by atoms with van der Waals surface area (Å²) in [6.45, 7) is 2.93. The zero-order valence-corrected chi connectivity index (χ0v) is 8.27. The second kappa shape index (κ2) is 4.48. The number of aryl methyl sites for hydroxylation is 1. The lowest BCUT2D eigenvalue weighted by Crippen LogP contribution is -2.38. The quantitative estimate of drug-likeness (QED) is 0.559. The van der Waals surface area contributed by atoms with Gasteiger partial charge in [-0.15, -0.1) is 11.8 Å². The maximum atomic E-state index is 8.74. The summed E-state index contributed by atoms with van der Waals surface area (Å²) in [6, 6.07) is 4.19. The van der Waals surface area contributed by atoms with Crippen LogP contribution in [0.3, 0.4) is 0 Å². The normalized spacial score (nSPS) is 10.2. The lowest BCUT2D eigenvalue weighted by atomic mass is 10.3. The molecular weight excluding hydrogens is 170 g/mol. The van der Waals surface area contributed by atoms with Crippen LogP contribution in [0.5, 0.6) is 0 Å². The van der Waals surface area contributed by atoms with Crippen molar-refractivity contribution in [2.45, 2.75) is 18.4 Å². The van der Waals surface area contributed by atoms with Gasteiger partial charge in [0.25, 0.3) is 0 Å². The van der Waals surface area contributed by atoms with Gasteiger partial charge in [0.1, 0.15) is 6.61 Å². The first-order valence-electron chi connectivity index (χ1n) is 3.93. The highest BCUT2D eigenvalue weighted by Gasteiger charge is 2.04. The third-order valence-electron chi connectivity index (χ3n) is 1.80. The molecule has 0 radical (unpaired) electrons. The number of thioether (sulfide) groups is 1. The second-order valence-electron chi connectivity index (χ2n) is 2.62. The van der Waals surface area contributed by atoms with Crippen LogP contribution in [-0.2, 0) is 6.54 Å². The molecule has 1 N–H and O–H groups in total. The summed E-state index contributed by atoms with van der Waals surface area (Å²) in [4.78, 5) is 1.27. The van der Waals surface area contributed by atoms with Crippen LogP contribution in [0.1, 0.15) is 5.69 Å². The molecular formula is C9H14NOS+. The summed E-state index contributed by atoms with van der Waals surface area (Å²) in [5, 5.41) is 8.74. The van der Waals surface area contributed by atoms with E-state index in [2.05, 4.69) is 25.3 Å². The fourth-order valence-corrected chi connectivity index (χ4v) is 1.59. The fourth-order valence-electron chi connectivity index (χ4n) is 1.10. The van der Waals surface area contributed by atoms with Gasteiger partial charge in [0.05, 0.1) is 0 Å². The first kappa shape index (κ1) is 9.55. The monoisotopic (exact) mass is 184 g/mol. The van der Waals surface area contributed by atoms with E-state index in [1.165, 1.54) is 10.6 Å². The summed E-state index contributed by atoms with van der Waals surface area (Å²) in [5.41, 5.74) is 1.19. The van der Waals surface area contributed by atoms with Crippen LogP contribution in [-0.4, -0.2) is 18.0 Å². The number of hydrogen-bond donors (Lipinski definition) is 1. The van der Waals surface area contributed by atoms with E-state index in [0.29, 0.717) is 6.54 Å². The molecule has 0 aliphatic rings. The van der Waals surface area contributed by atoms with Crippen LogP contribution in [0.4, 0.5) is 0 Å². The Labute approximate surface area is 77.2 Å². The molecule has 1 rings (SSSR count). The molecule has 66 valence electrons. The van der Waals surface area contributed by atoms with E-state index in [1.54, 1.807) is 11.8 Å². The van der Waals surface area contributed by atoms with Gasteiger partial charge in [-0.05, 0) is 6.26 Å². The molecule has 0 atom stereocenters. The molecule has 0 unspecified atom stereocenters. The summed E-state index contributed by atoms with van der Waals surface area (Å²) in [6.07, 6.45) is 4.07. The zero-order chi connectivity index (χ0) is 8.97. The third kappa shape index (κ3) is 2.22. The van der Waals surface area contributed by atoms with Gasteiger partial charge in [-0.25, -0.2) is 4.57 Å². The minimum atomic E-state index is 0.199. The van der Waals surface area contributed by atoms with E-state index in [4.69, 9.17) is 5.11 Å². The molecule has 0 saturated heterocycles. The molecule has 1 aromatic heterocycles. The van der Waals surface area contributed by atoms with Crippen molar-refractivity contribution in [3.63, 3.8) is 0 Å². The molecule has 1 heterocycles. The number of aliphatic hydroxyl groups is 1. The first-order chi connectivity index (χ1) is 5.77. The molecule has 0 spiro atoms. The predicted molar refractivity (Wildman–Crippen MR) is 50.2 cm³/mol. The number of aliphatic hydroxyl groups excluding tert-OH is 1. The van der Waals surface area contributed by atoms with Gasteiger partial charge < -0.3 is 5.11 Å². The third-order valence-corrected chi connectivity index (χ3v) is 2.52. The Morgan fingerprint density at radius 2 is 2.33 bits per heavy atom. The highest BCUT2D eigenvalue weighted by molar-refractivity contribution is 7.98. The van der Waals surface area contributed by atoms with E-state index >= 15 is 0 Å². The van der Waals surface area contributed by atoms with Crippen LogP contribution < -0.4 is 4.57 Å². The Balaban J connectivity index is 2.87. The molecule has 0 bridgehead atoms. The lowest BCUT2D eigenvalue weighted by molar-refractivity contribution is -0.704. The van der Waals surface area contributed by atoms with Gasteiger partial charge in [0, 0.05) is 24.0 Å². The maximum Gasteiger partial charge on any atom is 0.179 e. The Morgan fingerprint density at radius 3 is 2.83 bits per heavy atom. The van der Waals surface area contributed by atoms with Crippen molar-refractivity contribution >= 4 is 11.8 Å². The SMILES string of the molecule is CSc1cc[n+](CCO)c(C)c1. The zero-order valence-electron chi connectivity index (χ0n) is 7.45. The maximum absolute atomic E-state index is 8.74. The number of nitrogens with zero attached hydrogens (tertiary/aromatic N) is 1. The van der Waals surface area contributed by atoms with Crippen molar-refractivity contribution in [1.82, 2.24) is 0 Å². The number of rotatable bonds is 3. The van der Waals surface area contributed by atoms with E-state index in [-0.39, 0.29) is 6.61 Å². The number of hydrogen-bond acceptors (Lipinski definition) is 2. The van der Waals surface area contributed by atoms with Gasteiger partial charge >= 0.3 is 0 Å². The Morgan fingerprint density at radius 1 is 1.58 bits per heavy atom. The van der Waals surface area contributed by atoms with Gasteiger partial charge in [0.2, 0.25) is 0 Å². The average Bonchev–Trinajstić information content (AvgIpc) is 2.09. The minimum Gasteiger partial charge on any atom is -0.390 e. The number of pyridine rings is 1. The Kier molecular flexibility index (Phi) is 3.56. The predicted octanol–water partition coefficient (Wildman–Crippen LogP) is 0.997. The smallest absolute Gasteiger partial charge is 0.179 e. The summed E-state index contributed by atoms with van der Waals surface area (Å²) >= 11 is 1.73. The van der Waals surface area contributed by atoms with E-state index in [1.807, 2.05) is 10.8 Å². The molecule has 1 aromatic rings. The first-order valence-corrected chi connectivity index (χ1v) is 5.15. The van der Waals surface area contributed by atoms with Gasteiger partial charge in [0.15, 0.2) is 18.4 Å². The van der Waals surface area contributed by atoms with Crippen molar-refractivity contribution in [3.8, 4) is 0 Å². The molecule has 2 nitrogen and oxygen atoms in total. The Hall–Kier alpha value is -0.540. The Bertz CT molecular complexity index is 263. The van der Waals surface area contributed by atoms with Crippen molar-refractivity contribution in [2.75, 3.05) is 12.9 Å². The molecule has 0 aliphatic carbocycles. The fraction of sp³-hybridized carbons (Fsp3) is 0.444.